The van der Waals surface area contributed by atoms with Gasteiger partial charge in [0.2, 0.25) is 0 Å². The zero-order chi connectivity index (χ0) is 15.8. The van der Waals surface area contributed by atoms with E-state index in [0.29, 0.717) is 18.8 Å². The number of carbonyl (C=O) groups is 1. The van der Waals surface area contributed by atoms with Crippen LogP contribution in [0.4, 0.5) is 0 Å². The maximum atomic E-state index is 12.8. The third kappa shape index (κ3) is 2.51. The number of rotatable bonds is 2. The normalized spacial score (nSPS) is 19.3. The third-order valence-corrected chi connectivity index (χ3v) is 4.41. The molecule has 4 rings (SSSR count). The van der Waals surface area contributed by atoms with Crippen LogP contribution in [-0.4, -0.2) is 52.4 Å². The van der Waals surface area contributed by atoms with E-state index in [1.54, 1.807) is 6.20 Å². The molecule has 1 unspecified atom stereocenters. The summed E-state index contributed by atoms with van der Waals surface area (Å²) in [5, 5.41) is 0.951. The van der Waals surface area contributed by atoms with E-state index in [1.807, 2.05) is 41.4 Å². The van der Waals surface area contributed by atoms with Gasteiger partial charge in [-0.3, -0.25) is 9.69 Å². The molecule has 1 amide bonds. The number of aromatic nitrogens is 2. The summed E-state index contributed by atoms with van der Waals surface area (Å²) in [6, 6.07) is 9.56. The Morgan fingerprint density at radius 3 is 3.00 bits per heavy atom. The number of likely N-dealkylation sites (N-methyl/N-ethyl adjacent to an activating group) is 1. The molecule has 3 aromatic rings. The van der Waals surface area contributed by atoms with Gasteiger partial charge < -0.3 is 14.3 Å². The molecule has 6 heteroatoms. The minimum atomic E-state index is -0.0640. The van der Waals surface area contributed by atoms with Crippen LogP contribution in [0.3, 0.4) is 0 Å². The molecule has 1 fully saturated rings. The van der Waals surface area contributed by atoms with Crippen molar-refractivity contribution in [3.05, 3.63) is 54.3 Å². The summed E-state index contributed by atoms with van der Waals surface area (Å²) < 4.78 is 5.71. The van der Waals surface area contributed by atoms with E-state index in [9.17, 15) is 4.79 Å². The first kappa shape index (κ1) is 14.0. The van der Waals surface area contributed by atoms with E-state index >= 15 is 0 Å². The highest BCUT2D eigenvalue weighted by molar-refractivity contribution is 5.96. The van der Waals surface area contributed by atoms with Crippen molar-refractivity contribution in [2.24, 2.45) is 0 Å². The standard InChI is InChI=1S/C17H18N4O2/c1-20-8-9-21(11-13(20)16-18-6-7-19-16)17(22)15-10-12-4-2-3-5-14(12)23-15/h2-7,10,13H,8-9,11H2,1H3,(H,18,19). The molecule has 0 saturated carbocycles. The lowest BCUT2D eigenvalue weighted by molar-refractivity contribution is 0.0508. The number of piperazine rings is 1. The zero-order valence-corrected chi connectivity index (χ0v) is 12.9. The number of benzene rings is 1. The van der Waals surface area contributed by atoms with Gasteiger partial charge in [0.25, 0.3) is 5.91 Å². The molecule has 23 heavy (non-hydrogen) atoms. The van der Waals surface area contributed by atoms with Crippen molar-refractivity contribution in [3.63, 3.8) is 0 Å². The minimum Gasteiger partial charge on any atom is -0.451 e. The van der Waals surface area contributed by atoms with Crippen LogP contribution in [0.15, 0.2) is 47.1 Å². The van der Waals surface area contributed by atoms with E-state index in [2.05, 4.69) is 21.9 Å². The van der Waals surface area contributed by atoms with Gasteiger partial charge in [-0.2, -0.15) is 0 Å². The molecule has 1 aromatic carbocycles. The lowest BCUT2D eigenvalue weighted by Crippen LogP contribution is -2.49. The van der Waals surface area contributed by atoms with Gasteiger partial charge in [-0.25, -0.2) is 4.98 Å². The number of hydrogen-bond donors (Lipinski definition) is 1. The molecule has 1 N–H and O–H groups in total. The maximum Gasteiger partial charge on any atom is 0.289 e. The molecule has 118 valence electrons. The van der Waals surface area contributed by atoms with E-state index in [1.165, 1.54) is 0 Å². The predicted molar refractivity (Wildman–Crippen MR) is 86.1 cm³/mol. The molecule has 6 nitrogen and oxygen atoms in total. The smallest absolute Gasteiger partial charge is 0.289 e. The molecular weight excluding hydrogens is 292 g/mol. The van der Waals surface area contributed by atoms with Crippen LogP contribution in [-0.2, 0) is 0 Å². The number of H-pyrrole nitrogens is 1. The van der Waals surface area contributed by atoms with Crippen LogP contribution in [0.25, 0.3) is 11.0 Å². The minimum absolute atomic E-state index is 0.0640. The molecule has 0 spiro atoms. The van der Waals surface area contributed by atoms with Crippen molar-refractivity contribution < 1.29 is 9.21 Å². The predicted octanol–water partition coefficient (Wildman–Crippen LogP) is 2.28. The van der Waals surface area contributed by atoms with E-state index in [4.69, 9.17) is 4.42 Å². The molecule has 0 radical (unpaired) electrons. The van der Waals surface area contributed by atoms with E-state index in [0.717, 1.165) is 23.3 Å². The Labute approximate surface area is 133 Å². The summed E-state index contributed by atoms with van der Waals surface area (Å²) in [6.07, 6.45) is 3.55. The lowest BCUT2D eigenvalue weighted by Gasteiger charge is -2.38. The van der Waals surface area contributed by atoms with Crippen LogP contribution in [0.1, 0.15) is 22.4 Å². The Kier molecular flexibility index (Phi) is 3.38. The van der Waals surface area contributed by atoms with Crippen LogP contribution < -0.4 is 0 Å². The van der Waals surface area contributed by atoms with Gasteiger partial charge in [-0.15, -0.1) is 0 Å². The Balaban J connectivity index is 1.58. The summed E-state index contributed by atoms with van der Waals surface area (Å²) in [5.41, 5.74) is 0.743. The highest BCUT2D eigenvalue weighted by Gasteiger charge is 2.31. The lowest BCUT2D eigenvalue weighted by atomic mass is 10.1. The van der Waals surface area contributed by atoms with E-state index in [-0.39, 0.29) is 11.9 Å². The van der Waals surface area contributed by atoms with Crippen molar-refractivity contribution in [2.45, 2.75) is 6.04 Å². The topological polar surface area (TPSA) is 65.4 Å². The zero-order valence-electron chi connectivity index (χ0n) is 12.9. The molecule has 3 heterocycles. The van der Waals surface area contributed by atoms with Gasteiger partial charge in [0, 0.05) is 37.4 Å². The van der Waals surface area contributed by atoms with Crippen molar-refractivity contribution in [3.8, 4) is 0 Å². The number of furan rings is 1. The van der Waals surface area contributed by atoms with E-state index < -0.39 is 0 Å². The number of carbonyl (C=O) groups excluding carboxylic acids is 1. The number of fused-ring (bicyclic) bond motifs is 1. The van der Waals surface area contributed by atoms with Gasteiger partial charge >= 0.3 is 0 Å². The van der Waals surface area contributed by atoms with Crippen LogP contribution in [0.2, 0.25) is 0 Å². The third-order valence-electron chi connectivity index (χ3n) is 4.41. The van der Waals surface area contributed by atoms with Crippen molar-refractivity contribution in [1.82, 2.24) is 19.8 Å². The molecule has 2 aromatic heterocycles. The summed E-state index contributed by atoms with van der Waals surface area (Å²) in [4.78, 5) is 24.3. The van der Waals surface area contributed by atoms with Crippen molar-refractivity contribution in [1.29, 1.82) is 0 Å². The maximum absolute atomic E-state index is 12.8. The average molecular weight is 310 g/mol. The highest BCUT2D eigenvalue weighted by Crippen LogP contribution is 2.24. The van der Waals surface area contributed by atoms with Crippen molar-refractivity contribution in [2.75, 3.05) is 26.7 Å². The molecule has 1 aliphatic heterocycles. The quantitative estimate of drug-likeness (QED) is 0.788. The SMILES string of the molecule is CN1CCN(C(=O)c2cc3ccccc3o2)CC1c1ncc[nH]1. The molecular formula is C17H18N4O2. The number of imidazole rings is 1. The fraction of sp³-hybridized carbons (Fsp3) is 0.294. The molecule has 1 atom stereocenters. The Hall–Kier alpha value is -2.60. The van der Waals surface area contributed by atoms with Crippen molar-refractivity contribution >= 4 is 16.9 Å². The summed E-state index contributed by atoms with van der Waals surface area (Å²) in [5.74, 6) is 1.22. The first-order chi connectivity index (χ1) is 11.2. The average Bonchev–Trinajstić information content (AvgIpc) is 3.24. The highest BCUT2D eigenvalue weighted by atomic mass is 16.3. The number of nitrogens with one attached hydrogen (secondary N) is 1. The van der Waals surface area contributed by atoms with Crippen LogP contribution in [0, 0.1) is 0 Å². The fourth-order valence-corrected chi connectivity index (χ4v) is 3.06. The fourth-order valence-electron chi connectivity index (χ4n) is 3.06. The van der Waals surface area contributed by atoms with Gasteiger partial charge in [0.1, 0.15) is 11.4 Å². The number of amides is 1. The number of para-hydroxylation sites is 1. The molecule has 1 saturated heterocycles. The second-order valence-corrected chi connectivity index (χ2v) is 5.87. The molecule has 0 aliphatic carbocycles. The first-order valence-electron chi connectivity index (χ1n) is 7.70. The van der Waals surface area contributed by atoms with Gasteiger partial charge in [0.15, 0.2) is 5.76 Å². The number of nitrogens with zero attached hydrogens (tertiary/aromatic N) is 3. The monoisotopic (exact) mass is 310 g/mol. The Morgan fingerprint density at radius 1 is 1.35 bits per heavy atom. The summed E-state index contributed by atoms with van der Waals surface area (Å²) in [7, 11) is 2.05. The van der Waals surface area contributed by atoms with Crippen LogP contribution >= 0.6 is 0 Å². The molecule has 1 aliphatic rings. The second-order valence-electron chi connectivity index (χ2n) is 5.87. The van der Waals surface area contributed by atoms with Gasteiger partial charge in [-0.1, -0.05) is 18.2 Å². The number of hydrogen-bond acceptors (Lipinski definition) is 4. The summed E-state index contributed by atoms with van der Waals surface area (Å²) >= 11 is 0. The van der Waals surface area contributed by atoms with Gasteiger partial charge in [0.05, 0.1) is 6.04 Å². The largest absolute Gasteiger partial charge is 0.451 e. The van der Waals surface area contributed by atoms with Gasteiger partial charge in [-0.05, 0) is 19.2 Å². The number of aromatic amines is 1. The summed E-state index contributed by atoms with van der Waals surface area (Å²) in [6.45, 7) is 2.08. The second kappa shape index (κ2) is 5.55. The molecule has 0 bridgehead atoms. The first-order valence-corrected chi connectivity index (χ1v) is 7.70. The Morgan fingerprint density at radius 2 is 2.22 bits per heavy atom. The Bertz CT molecular complexity index is 791. The van der Waals surface area contributed by atoms with Crippen LogP contribution in [0.5, 0.6) is 0 Å².